The third-order valence-corrected chi connectivity index (χ3v) is 4.67. The molecule has 5 heteroatoms. The molecule has 2 aromatic rings. The predicted octanol–water partition coefficient (Wildman–Crippen LogP) is 2.19. The van der Waals surface area contributed by atoms with Gasteiger partial charge in [0.25, 0.3) is 5.91 Å². The Labute approximate surface area is 154 Å². The van der Waals surface area contributed by atoms with E-state index < -0.39 is 6.10 Å². The van der Waals surface area contributed by atoms with Crippen molar-refractivity contribution in [1.82, 2.24) is 9.80 Å². The highest BCUT2D eigenvalue weighted by molar-refractivity contribution is 5.94. The maximum Gasteiger partial charge on any atom is 0.253 e. The van der Waals surface area contributed by atoms with E-state index in [1.807, 2.05) is 66.4 Å². The average Bonchev–Trinajstić information content (AvgIpc) is 2.68. The van der Waals surface area contributed by atoms with Crippen molar-refractivity contribution in [3.05, 3.63) is 65.7 Å². The van der Waals surface area contributed by atoms with Crippen LogP contribution in [0.2, 0.25) is 0 Å². The van der Waals surface area contributed by atoms with Crippen molar-refractivity contribution in [3.8, 4) is 5.75 Å². The van der Waals surface area contributed by atoms with Crippen LogP contribution in [-0.2, 0) is 0 Å². The molecule has 1 aliphatic heterocycles. The maximum absolute atomic E-state index is 12.5. The second kappa shape index (κ2) is 8.83. The highest BCUT2D eigenvalue weighted by atomic mass is 16.5. The van der Waals surface area contributed by atoms with Crippen molar-refractivity contribution < 1.29 is 14.6 Å². The van der Waals surface area contributed by atoms with Crippen molar-refractivity contribution in [3.63, 3.8) is 0 Å². The molecular weight excluding hydrogens is 328 g/mol. The number of aliphatic hydroxyl groups is 1. The van der Waals surface area contributed by atoms with E-state index in [0.717, 1.165) is 30.0 Å². The Kier molecular flexibility index (Phi) is 6.26. The van der Waals surface area contributed by atoms with Crippen molar-refractivity contribution >= 4 is 5.91 Å². The van der Waals surface area contributed by atoms with Crippen LogP contribution in [0.3, 0.4) is 0 Å². The molecule has 0 aliphatic carbocycles. The molecule has 1 amide bonds. The quantitative estimate of drug-likeness (QED) is 0.864. The van der Waals surface area contributed by atoms with Crippen LogP contribution in [0, 0.1) is 6.92 Å². The molecule has 26 heavy (non-hydrogen) atoms. The fourth-order valence-corrected chi connectivity index (χ4v) is 3.15. The fraction of sp³-hybridized carbons (Fsp3) is 0.381. The molecule has 1 fully saturated rings. The van der Waals surface area contributed by atoms with Crippen LogP contribution in [0.1, 0.15) is 15.9 Å². The Morgan fingerprint density at radius 2 is 1.69 bits per heavy atom. The van der Waals surface area contributed by atoms with Gasteiger partial charge in [0, 0.05) is 38.3 Å². The summed E-state index contributed by atoms with van der Waals surface area (Å²) in [5, 5.41) is 10.3. The summed E-state index contributed by atoms with van der Waals surface area (Å²) in [6.07, 6.45) is -0.550. The highest BCUT2D eigenvalue weighted by Crippen LogP contribution is 2.16. The smallest absolute Gasteiger partial charge is 0.253 e. The normalized spacial score (nSPS) is 16.3. The first-order valence-corrected chi connectivity index (χ1v) is 9.06. The van der Waals surface area contributed by atoms with Crippen molar-refractivity contribution in [1.29, 1.82) is 0 Å². The summed E-state index contributed by atoms with van der Waals surface area (Å²) >= 11 is 0. The molecule has 1 heterocycles. The molecule has 0 aromatic heterocycles. The number of β-amino-alcohol motifs (C(OH)–C–C–N with tert-alkyl or cyclic N) is 1. The minimum absolute atomic E-state index is 0.0775. The van der Waals surface area contributed by atoms with Crippen LogP contribution in [0.15, 0.2) is 54.6 Å². The first-order valence-electron chi connectivity index (χ1n) is 9.06. The van der Waals surface area contributed by atoms with E-state index in [-0.39, 0.29) is 12.5 Å². The second-order valence-electron chi connectivity index (χ2n) is 6.69. The number of amides is 1. The van der Waals surface area contributed by atoms with Gasteiger partial charge in [-0.25, -0.2) is 0 Å². The Morgan fingerprint density at radius 3 is 2.38 bits per heavy atom. The summed E-state index contributed by atoms with van der Waals surface area (Å²) in [4.78, 5) is 16.5. The summed E-state index contributed by atoms with van der Waals surface area (Å²) in [7, 11) is 0. The van der Waals surface area contributed by atoms with Gasteiger partial charge in [-0.3, -0.25) is 9.69 Å². The van der Waals surface area contributed by atoms with E-state index in [4.69, 9.17) is 4.74 Å². The molecule has 0 radical (unpaired) electrons. The Hall–Kier alpha value is -2.37. The van der Waals surface area contributed by atoms with Crippen LogP contribution in [0.25, 0.3) is 0 Å². The van der Waals surface area contributed by atoms with Gasteiger partial charge in [-0.15, -0.1) is 0 Å². The number of rotatable bonds is 6. The number of benzene rings is 2. The van der Waals surface area contributed by atoms with Gasteiger partial charge in [0.1, 0.15) is 18.5 Å². The molecule has 0 bridgehead atoms. The maximum atomic E-state index is 12.5. The lowest BCUT2D eigenvalue weighted by atomic mass is 10.2. The Morgan fingerprint density at radius 1 is 1.04 bits per heavy atom. The largest absolute Gasteiger partial charge is 0.491 e. The number of para-hydroxylation sites is 1. The van der Waals surface area contributed by atoms with Crippen LogP contribution < -0.4 is 4.74 Å². The molecule has 5 nitrogen and oxygen atoms in total. The number of piperazine rings is 1. The topological polar surface area (TPSA) is 53.0 Å². The molecule has 1 N–H and O–H groups in total. The monoisotopic (exact) mass is 354 g/mol. The number of aliphatic hydroxyl groups excluding tert-OH is 1. The van der Waals surface area contributed by atoms with Gasteiger partial charge in [0.05, 0.1) is 0 Å². The summed E-state index contributed by atoms with van der Waals surface area (Å²) in [6.45, 7) is 5.70. The predicted molar refractivity (Wildman–Crippen MR) is 101 cm³/mol. The van der Waals surface area contributed by atoms with Gasteiger partial charge in [-0.2, -0.15) is 0 Å². The molecule has 1 aliphatic rings. The summed E-state index contributed by atoms with van der Waals surface area (Å²) in [6, 6.07) is 17.2. The van der Waals surface area contributed by atoms with Gasteiger partial charge >= 0.3 is 0 Å². The fourth-order valence-electron chi connectivity index (χ4n) is 3.15. The zero-order valence-corrected chi connectivity index (χ0v) is 15.2. The first-order chi connectivity index (χ1) is 12.6. The summed E-state index contributed by atoms with van der Waals surface area (Å²) in [5.41, 5.74) is 1.79. The van der Waals surface area contributed by atoms with Gasteiger partial charge in [-0.1, -0.05) is 36.4 Å². The van der Waals surface area contributed by atoms with Gasteiger partial charge in [0.15, 0.2) is 0 Å². The number of aryl methyl sites for hydroxylation is 1. The average molecular weight is 354 g/mol. The molecule has 138 valence electrons. The van der Waals surface area contributed by atoms with E-state index in [9.17, 15) is 9.90 Å². The zero-order chi connectivity index (χ0) is 18.4. The third kappa shape index (κ3) is 4.84. The minimum atomic E-state index is -0.550. The number of nitrogens with zero attached hydrogens (tertiary/aromatic N) is 2. The molecule has 2 aromatic carbocycles. The van der Waals surface area contributed by atoms with Crippen LogP contribution >= 0.6 is 0 Å². The lowest BCUT2D eigenvalue weighted by Gasteiger charge is -2.35. The SMILES string of the molecule is Cc1ccccc1OCC(O)CN1CCN(C(=O)c2ccccc2)CC1. The number of hydrogen-bond donors (Lipinski definition) is 1. The third-order valence-electron chi connectivity index (χ3n) is 4.67. The van der Waals surface area contributed by atoms with Crippen LogP contribution in [-0.4, -0.2) is 66.2 Å². The van der Waals surface area contributed by atoms with Crippen LogP contribution in [0.4, 0.5) is 0 Å². The first kappa shape index (κ1) is 18.4. The van der Waals surface area contributed by atoms with Crippen molar-refractivity contribution in [2.45, 2.75) is 13.0 Å². The van der Waals surface area contributed by atoms with Gasteiger partial charge in [0.2, 0.25) is 0 Å². The van der Waals surface area contributed by atoms with Crippen LogP contribution in [0.5, 0.6) is 5.75 Å². The lowest BCUT2D eigenvalue weighted by molar-refractivity contribution is 0.0403. The molecular formula is C21H26N2O3. The molecule has 1 saturated heterocycles. The van der Waals surface area contributed by atoms with E-state index >= 15 is 0 Å². The molecule has 1 atom stereocenters. The second-order valence-corrected chi connectivity index (χ2v) is 6.69. The summed E-state index contributed by atoms with van der Waals surface area (Å²) < 4.78 is 5.72. The minimum Gasteiger partial charge on any atom is -0.491 e. The van der Waals surface area contributed by atoms with Crippen molar-refractivity contribution in [2.75, 3.05) is 39.3 Å². The standard InChI is InChI=1S/C21H26N2O3/c1-17-7-5-6-10-20(17)26-16-19(24)15-22-11-13-23(14-12-22)21(25)18-8-3-2-4-9-18/h2-10,19,24H,11-16H2,1H3. The van der Waals surface area contributed by atoms with Gasteiger partial charge in [-0.05, 0) is 30.7 Å². The summed E-state index contributed by atoms with van der Waals surface area (Å²) in [5.74, 6) is 0.888. The Balaban J connectivity index is 1.42. The molecule has 0 saturated carbocycles. The molecule has 3 rings (SSSR count). The zero-order valence-electron chi connectivity index (χ0n) is 15.2. The number of hydrogen-bond acceptors (Lipinski definition) is 4. The highest BCUT2D eigenvalue weighted by Gasteiger charge is 2.23. The van der Waals surface area contributed by atoms with E-state index in [2.05, 4.69) is 4.90 Å². The van der Waals surface area contributed by atoms with E-state index in [0.29, 0.717) is 19.6 Å². The lowest BCUT2D eigenvalue weighted by Crippen LogP contribution is -2.50. The number of carbonyl (C=O) groups is 1. The number of ether oxygens (including phenoxy) is 1. The van der Waals surface area contributed by atoms with Crippen molar-refractivity contribution in [2.24, 2.45) is 0 Å². The van der Waals surface area contributed by atoms with E-state index in [1.165, 1.54) is 0 Å². The van der Waals surface area contributed by atoms with E-state index in [1.54, 1.807) is 0 Å². The molecule has 0 spiro atoms. The molecule has 1 unspecified atom stereocenters. The number of carbonyl (C=O) groups excluding carboxylic acids is 1. The van der Waals surface area contributed by atoms with Gasteiger partial charge < -0.3 is 14.7 Å². The Bertz CT molecular complexity index is 712.